The van der Waals surface area contributed by atoms with Gasteiger partial charge >= 0.3 is 13.5 Å². The lowest BCUT2D eigenvalue weighted by atomic mass is 10.2. The van der Waals surface area contributed by atoms with Crippen molar-refractivity contribution in [3.05, 3.63) is 32.6 Å². The number of hydrogen-bond donors (Lipinski definition) is 2. The summed E-state index contributed by atoms with van der Waals surface area (Å²) in [7, 11) is -2.62. The number of nitrogens with zero attached hydrogens (tertiary/aromatic N) is 1. The molecule has 1 aromatic rings. The van der Waals surface area contributed by atoms with Crippen molar-refractivity contribution >= 4 is 7.82 Å². The maximum Gasteiger partial charge on any atom is 0.474 e. The van der Waals surface area contributed by atoms with Crippen LogP contribution in [0.15, 0.2) is 15.8 Å². The van der Waals surface area contributed by atoms with Gasteiger partial charge in [0.1, 0.15) is 18.4 Å². The first-order chi connectivity index (χ1) is 14.2. The number of rotatable bonds is 12. The molecule has 13 heteroatoms. The van der Waals surface area contributed by atoms with Crippen LogP contribution in [0.2, 0.25) is 0 Å². The van der Waals surface area contributed by atoms with Gasteiger partial charge in [0.15, 0.2) is 0 Å². The molecule has 172 valence electrons. The molecule has 5 atom stereocenters. The first kappa shape index (κ1) is 24.9. The van der Waals surface area contributed by atoms with Crippen LogP contribution in [0, 0.1) is 6.92 Å². The van der Waals surface area contributed by atoms with E-state index >= 15 is 0 Å². The highest BCUT2D eigenvalue weighted by Gasteiger charge is 2.39. The van der Waals surface area contributed by atoms with Gasteiger partial charge < -0.3 is 9.47 Å². The standard InChI is InChI=1S/C17H30N3O9P/c1-5-25-12(3)6-7-26-30(23,24-4)27-10-14-13(29-18)8-15(28-14)20-9-11(2)16(21)19-17(20)22/h9,12-15H,5-8,10,18H2,1-4H3,(H,19,21,22)/t12?,13-,14-,15-,30?/m1/s1. The largest absolute Gasteiger partial charge is 0.474 e. The molecule has 0 radical (unpaired) electrons. The lowest BCUT2D eigenvalue weighted by Crippen LogP contribution is -2.33. The molecule has 0 aliphatic carbocycles. The Morgan fingerprint density at radius 1 is 1.40 bits per heavy atom. The van der Waals surface area contributed by atoms with E-state index in [1.165, 1.54) is 17.9 Å². The number of phosphoric ester groups is 1. The molecule has 0 amide bonds. The number of nitrogens with two attached hydrogens (primary N) is 1. The van der Waals surface area contributed by atoms with Crippen molar-refractivity contribution in [2.24, 2.45) is 5.90 Å². The van der Waals surface area contributed by atoms with E-state index in [0.29, 0.717) is 18.6 Å². The van der Waals surface area contributed by atoms with Gasteiger partial charge in [-0.05, 0) is 27.2 Å². The lowest BCUT2D eigenvalue weighted by Gasteiger charge is -2.21. The Morgan fingerprint density at radius 2 is 2.13 bits per heavy atom. The summed E-state index contributed by atoms with van der Waals surface area (Å²) in [5, 5.41) is 0. The Kier molecular flexibility index (Phi) is 9.38. The van der Waals surface area contributed by atoms with Gasteiger partial charge in [-0.3, -0.25) is 32.8 Å². The number of aromatic nitrogens is 2. The third kappa shape index (κ3) is 6.56. The van der Waals surface area contributed by atoms with Crippen molar-refractivity contribution in [1.29, 1.82) is 0 Å². The van der Waals surface area contributed by atoms with E-state index in [1.54, 1.807) is 6.92 Å². The van der Waals surface area contributed by atoms with Crippen molar-refractivity contribution in [1.82, 2.24) is 9.55 Å². The molecule has 0 saturated carbocycles. The fraction of sp³-hybridized carbons (Fsp3) is 0.765. The van der Waals surface area contributed by atoms with Gasteiger partial charge in [0.25, 0.3) is 5.56 Å². The second kappa shape index (κ2) is 11.3. The summed E-state index contributed by atoms with van der Waals surface area (Å²) in [5.74, 6) is 5.34. The maximum atomic E-state index is 12.6. The monoisotopic (exact) mass is 451 g/mol. The number of nitrogens with one attached hydrogen (secondary N) is 1. The van der Waals surface area contributed by atoms with Crippen LogP contribution >= 0.6 is 7.82 Å². The third-order valence-corrected chi connectivity index (χ3v) is 6.07. The van der Waals surface area contributed by atoms with Crippen LogP contribution in [0.25, 0.3) is 0 Å². The zero-order valence-corrected chi connectivity index (χ0v) is 18.5. The molecule has 2 rings (SSSR count). The fourth-order valence-electron chi connectivity index (χ4n) is 2.97. The zero-order valence-electron chi connectivity index (χ0n) is 17.6. The topological polar surface area (TPSA) is 153 Å². The molecule has 1 aliphatic rings. The zero-order chi connectivity index (χ0) is 22.3. The molecule has 30 heavy (non-hydrogen) atoms. The number of aromatic amines is 1. The highest BCUT2D eigenvalue weighted by atomic mass is 31.2. The Morgan fingerprint density at radius 3 is 2.77 bits per heavy atom. The van der Waals surface area contributed by atoms with Crippen LogP contribution in [0.3, 0.4) is 0 Å². The van der Waals surface area contributed by atoms with E-state index in [4.69, 9.17) is 33.8 Å². The highest BCUT2D eigenvalue weighted by molar-refractivity contribution is 7.48. The number of hydrogen-bond acceptors (Lipinski definition) is 10. The van der Waals surface area contributed by atoms with Crippen LogP contribution < -0.4 is 17.1 Å². The highest BCUT2D eigenvalue weighted by Crippen LogP contribution is 2.49. The summed E-state index contributed by atoms with van der Waals surface area (Å²) < 4.78 is 40.6. The average Bonchev–Trinajstić information content (AvgIpc) is 3.12. The second-order valence-electron chi connectivity index (χ2n) is 6.83. The Bertz CT molecular complexity index is 842. The Balaban J connectivity index is 1.98. The first-order valence-corrected chi connectivity index (χ1v) is 11.1. The summed E-state index contributed by atoms with van der Waals surface area (Å²) in [6.45, 7) is 5.80. The quantitative estimate of drug-likeness (QED) is 0.347. The molecule has 1 saturated heterocycles. The fourth-order valence-corrected chi connectivity index (χ4v) is 3.91. The van der Waals surface area contributed by atoms with E-state index in [9.17, 15) is 14.2 Å². The van der Waals surface area contributed by atoms with Crippen LogP contribution in [-0.4, -0.2) is 54.8 Å². The minimum absolute atomic E-state index is 0.0617. The molecule has 1 aliphatic heterocycles. The minimum atomic E-state index is -3.83. The molecule has 1 fully saturated rings. The number of phosphoric acid groups is 1. The van der Waals surface area contributed by atoms with Crippen molar-refractivity contribution in [2.75, 3.05) is 26.9 Å². The minimum Gasteiger partial charge on any atom is -0.379 e. The molecule has 0 bridgehead atoms. The van der Waals surface area contributed by atoms with E-state index in [1.807, 2.05) is 13.8 Å². The first-order valence-electron chi connectivity index (χ1n) is 9.62. The molecule has 0 aromatic carbocycles. The molecule has 0 spiro atoms. The smallest absolute Gasteiger partial charge is 0.379 e. The van der Waals surface area contributed by atoms with Crippen molar-refractivity contribution < 1.29 is 32.4 Å². The number of ether oxygens (including phenoxy) is 2. The summed E-state index contributed by atoms with van der Waals surface area (Å²) in [6, 6.07) is 0. The van der Waals surface area contributed by atoms with E-state index in [-0.39, 0.29) is 25.7 Å². The van der Waals surface area contributed by atoms with Gasteiger partial charge in [0.2, 0.25) is 0 Å². The Labute approximate surface area is 174 Å². The van der Waals surface area contributed by atoms with Crippen LogP contribution in [-0.2, 0) is 32.4 Å². The number of H-pyrrole nitrogens is 1. The van der Waals surface area contributed by atoms with Crippen molar-refractivity contribution in [3.8, 4) is 0 Å². The summed E-state index contributed by atoms with van der Waals surface area (Å²) in [4.78, 5) is 30.8. The second-order valence-corrected chi connectivity index (χ2v) is 8.61. The van der Waals surface area contributed by atoms with Crippen LogP contribution in [0.5, 0.6) is 0 Å². The van der Waals surface area contributed by atoms with Crippen LogP contribution in [0.1, 0.15) is 38.5 Å². The van der Waals surface area contributed by atoms with Gasteiger partial charge in [0.05, 0.1) is 19.3 Å². The van der Waals surface area contributed by atoms with Crippen molar-refractivity contribution in [3.63, 3.8) is 0 Å². The van der Waals surface area contributed by atoms with Gasteiger partial charge in [-0.25, -0.2) is 15.3 Å². The predicted molar refractivity (Wildman–Crippen MR) is 106 cm³/mol. The third-order valence-electron chi connectivity index (χ3n) is 4.66. The van der Waals surface area contributed by atoms with Crippen molar-refractivity contribution in [2.45, 2.75) is 58.2 Å². The van der Waals surface area contributed by atoms with Gasteiger partial charge in [-0.2, -0.15) is 0 Å². The molecule has 2 unspecified atom stereocenters. The summed E-state index contributed by atoms with van der Waals surface area (Å²) >= 11 is 0. The van der Waals surface area contributed by atoms with E-state index < -0.39 is 37.5 Å². The van der Waals surface area contributed by atoms with Gasteiger partial charge in [-0.15, -0.1) is 0 Å². The predicted octanol–water partition coefficient (Wildman–Crippen LogP) is 0.994. The van der Waals surface area contributed by atoms with E-state index in [2.05, 4.69) is 4.98 Å². The Hall–Kier alpha value is -1.37. The molecular formula is C17H30N3O9P. The van der Waals surface area contributed by atoms with Gasteiger partial charge in [0, 0.05) is 31.9 Å². The number of aryl methyl sites for hydroxylation is 1. The molecule has 2 heterocycles. The normalized spacial score (nSPS) is 24.6. The summed E-state index contributed by atoms with van der Waals surface area (Å²) in [5.41, 5.74) is -0.749. The SMILES string of the molecule is CCOC(C)CCOP(=O)(OC)OC[C@H]1O[C@@H](n2cc(C)c(=O)[nH]c2=O)C[C@H]1ON. The average molecular weight is 451 g/mol. The van der Waals surface area contributed by atoms with Gasteiger partial charge in [-0.1, -0.05) is 0 Å². The van der Waals surface area contributed by atoms with E-state index in [0.717, 1.165) is 0 Å². The van der Waals surface area contributed by atoms with Crippen LogP contribution in [0.4, 0.5) is 0 Å². The molecule has 12 nitrogen and oxygen atoms in total. The lowest BCUT2D eigenvalue weighted by molar-refractivity contribution is -0.0640. The molecular weight excluding hydrogens is 421 g/mol. The molecule has 3 N–H and O–H groups in total. The molecule has 1 aromatic heterocycles. The maximum absolute atomic E-state index is 12.6. The summed E-state index contributed by atoms with van der Waals surface area (Å²) in [6.07, 6.45) is -0.0645.